The predicted octanol–water partition coefficient (Wildman–Crippen LogP) is 3.15. The number of benzene rings is 2. The van der Waals surface area contributed by atoms with Crippen molar-refractivity contribution in [2.24, 2.45) is 5.73 Å². The van der Waals surface area contributed by atoms with Gasteiger partial charge in [0.1, 0.15) is 11.6 Å². The summed E-state index contributed by atoms with van der Waals surface area (Å²) in [6.07, 6.45) is 0.656. The Bertz CT molecular complexity index is 913. The highest BCUT2D eigenvalue weighted by atomic mass is 19.1. The zero-order chi connectivity index (χ0) is 21.4. The van der Waals surface area contributed by atoms with Crippen molar-refractivity contribution in [3.8, 4) is 5.75 Å². The number of hydrogen-bond acceptors (Lipinski definition) is 4. The maximum Gasteiger partial charge on any atom is 0.495 e. The average molecular weight is 399 g/mol. The van der Waals surface area contributed by atoms with Gasteiger partial charge in [0.2, 0.25) is 0 Å². The molecule has 1 aliphatic rings. The van der Waals surface area contributed by atoms with Gasteiger partial charge in [-0.1, -0.05) is 23.8 Å². The van der Waals surface area contributed by atoms with E-state index >= 15 is 0 Å². The highest BCUT2D eigenvalue weighted by molar-refractivity contribution is 6.62. The zero-order valence-corrected chi connectivity index (χ0v) is 17.5. The molecular weight excluding hydrogens is 372 g/mol. The van der Waals surface area contributed by atoms with Crippen LogP contribution in [0.4, 0.5) is 4.39 Å². The van der Waals surface area contributed by atoms with Crippen LogP contribution in [0.3, 0.4) is 0 Å². The van der Waals surface area contributed by atoms with E-state index in [4.69, 9.17) is 19.8 Å². The number of carbonyl (C=O) groups excluding carboxylic acids is 1. The Kier molecular flexibility index (Phi) is 5.74. The third-order valence-electron chi connectivity index (χ3n) is 5.71. The summed E-state index contributed by atoms with van der Waals surface area (Å²) in [5.41, 5.74) is 7.39. The molecule has 0 aromatic heterocycles. The van der Waals surface area contributed by atoms with Crippen molar-refractivity contribution in [1.82, 2.24) is 0 Å². The highest BCUT2D eigenvalue weighted by Crippen LogP contribution is 2.36. The average Bonchev–Trinajstić information content (AvgIpc) is 2.82. The minimum absolute atomic E-state index is 0.147. The number of ether oxygens (including phenoxy) is 1. The number of aryl methyl sites for hydroxylation is 1. The predicted molar refractivity (Wildman–Crippen MR) is 111 cm³/mol. The molecule has 5 nitrogen and oxygen atoms in total. The van der Waals surface area contributed by atoms with Crippen LogP contribution in [-0.2, 0) is 15.7 Å². The first-order chi connectivity index (χ1) is 13.5. The molecule has 154 valence electrons. The molecule has 1 amide bonds. The van der Waals surface area contributed by atoms with Crippen molar-refractivity contribution >= 4 is 18.5 Å². The number of primary amides is 1. The topological polar surface area (TPSA) is 70.8 Å². The van der Waals surface area contributed by atoms with Crippen molar-refractivity contribution in [2.45, 2.75) is 52.2 Å². The molecule has 0 unspecified atom stereocenters. The summed E-state index contributed by atoms with van der Waals surface area (Å²) in [6, 6.07) is 10.2. The van der Waals surface area contributed by atoms with Crippen LogP contribution in [0.25, 0.3) is 0 Å². The van der Waals surface area contributed by atoms with Gasteiger partial charge in [-0.2, -0.15) is 0 Å². The van der Waals surface area contributed by atoms with Gasteiger partial charge >= 0.3 is 7.12 Å². The number of hydrogen-bond donors (Lipinski definition) is 1. The highest BCUT2D eigenvalue weighted by Gasteiger charge is 2.52. The Morgan fingerprint density at radius 3 is 2.31 bits per heavy atom. The van der Waals surface area contributed by atoms with Gasteiger partial charge in [0.15, 0.2) is 0 Å². The lowest BCUT2D eigenvalue weighted by Gasteiger charge is -2.32. The minimum atomic E-state index is -0.799. The molecule has 3 rings (SSSR count). The van der Waals surface area contributed by atoms with Gasteiger partial charge in [0, 0.05) is 12.5 Å². The third kappa shape index (κ3) is 4.46. The van der Waals surface area contributed by atoms with Gasteiger partial charge in [-0.15, -0.1) is 0 Å². The van der Waals surface area contributed by atoms with Gasteiger partial charge in [-0.3, -0.25) is 4.79 Å². The summed E-state index contributed by atoms with van der Waals surface area (Å²) in [5, 5.41) is 0. The summed E-state index contributed by atoms with van der Waals surface area (Å²) >= 11 is 0. The standard InChI is InChI=1S/C22H27BFNO4/c1-14-12-15(6-9-18(14)23-28-21(2,3)22(4,5)29-23)10-11-27-16-7-8-17(20(25)26)19(24)13-16/h6-9,12-13H,10-11H2,1-5H3,(H2,25,26). The van der Waals surface area contributed by atoms with E-state index in [2.05, 4.69) is 6.07 Å². The fraction of sp³-hybridized carbons (Fsp3) is 0.409. The molecule has 2 N–H and O–H groups in total. The number of nitrogens with two attached hydrogens (primary N) is 1. The fourth-order valence-electron chi connectivity index (χ4n) is 3.20. The van der Waals surface area contributed by atoms with Gasteiger partial charge in [0.25, 0.3) is 5.91 Å². The molecule has 1 heterocycles. The summed E-state index contributed by atoms with van der Waals surface area (Å²) in [6.45, 7) is 10.5. The van der Waals surface area contributed by atoms with Gasteiger partial charge in [-0.25, -0.2) is 4.39 Å². The second kappa shape index (κ2) is 7.80. The molecule has 1 fully saturated rings. The molecular formula is C22H27BFNO4. The number of amides is 1. The lowest BCUT2D eigenvalue weighted by molar-refractivity contribution is 0.00578. The van der Waals surface area contributed by atoms with E-state index in [0.717, 1.165) is 16.6 Å². The smallest absolute Gasteiger partial charge is 0.493 e. The molecule has 0 bridgehead atoms. The summed E-state index contributed by atoms with van der Waals surface area (Å²) in [5.74, 6) is -1.12. The summed E-state index contributed by atoms with van der Waals surface area (Å²) in [4.78, 5) is 11.1. The molecule has 1 saturated heterocycles. The first-order valence-corrected chi connectivity index (χ1v) is 9.67. The van der Waals surface area contributed by atoms with Gasteiger partial charge < -0.3 is 19.8 Å². The summed E-state index contributed by atoms with van der Waals surface area (Å²) in [7, 11) is -0.392. The van der Waals surface area contributed by atoms with Crippen LogP contribution < -0.4 is 15.9 Å². The molecule has 0 radical (unpaired) electrons. The number of carbonyl (C=O) groups is 1. The van der Waals surface area contributed by atoms with Crippen LogP contribution >= 0.6 is 0 Å². The van der Waals surface area contributed by atoms with Crippen molar-refractivity contribution in [3.05, 3.63) is 58.9 Å². The lowest BCUT2D eigenvalue weighted by atomic mass is 9.75. The van der Waals surface area contributed by atoms with E-state index in [1.165, 1.54) is 18.2 Å². The van der Waals surface area contributed by atoms with Crippen LogP contribution in [0.15, 0.2) is 36.4 Å². The summed E-state index contributed by atoms with van der Waals surface area (Å²) < 4.78 is 31.7. The molecule has 0 atom stereocenters. The number of rotatable bonds is 6. The van der Waals surface area contributed by atoms with E-state index in [0.29, 0.717) is 18.8 Å². The Morgan fingerprint density at radius 1 is 1.10 bits per heavy atom. The molecule has 2 aromatic carbocycles. The Labute approximate surface area is 171 Å². The van der Waals surface area contributed by atoms with Crippen molar-refractivity contribution in [3.63, 3.8) is 0 Å². The molecule has 0 aliphatic carbocycles. The first kappa shape index (κ1) is 21.3. The molecule has 0 spiro atoms. The van der Waals surface area contributed by atoms with E-state index < -0.39 is 18.8 Å². The van der Waals surface area contributed by atoms with Crippen LogP contribution in [-0.4, -0.2) is 30.8 Å². The van der Waals surface area contributed by atoms with Crippen LogP contribution in [0.5, 0.6) is 5.75 Å². The van der Waals surface area contributed by atoms with E-state index in [-0.39, 0.29) is 16.8 Å². The van der Waals surface area contributed by atoms with Crippen LogP contribution in [0, 0.1) is 12.7 Å². The van der Waals surface area contributed by atoms with Crippen LogP contribution in [0.1, 0.15) is 49.2 Å². The molecule has 7 heteroatoms. The maximum absolute atomic E-state index is 13.8. The van der Waals surface area contributed by atoms with Crippen LogP contribution in [0.2, 0.25) is 0 Å². The molecule has 2 aromatic rings. The van der Waals surface area contributed by atoms with Gasteiger partial charge in [-0.05, 0) is 57.8 Å². The molecule has 1 aliphatic heterocycles. The molecule has 0 saturated carbocycles. The fourth-order valence-corrected chi connectivity index (χ4v) is 3.20. The quantitative estimate of drug-likeness (QED) is 0.758. The Morgan fingerprint density at radius 2 is 1.76 bits per heavy atom. The zero-order valence-electron chi connectivity index (χ0n) is 17.5. The first-order valence-electron chi connectivity index (χ1n) is 9.67. The largest absolute Gasteiger partial charge is 0.495 e. The maximum atomic E-state index is 13.8. The van der Waals surface area contributed by atoms with Crippen molar-refractivity contribution in [1.29, 1.82) is 0 Å². The van der Waals surface area contributed by atoms with Crippen molar-refractivity contribution < 1.29 is 23.2 Å². The SMILES string of the molecule is Cc1cc(CCOc2ccc(C(N)=O)c(F)c2)ccc1B1OC(C)(C)C(C)(C)O1. The van der Waals surface area contributed by atoms with Gasteiger partial charge in [0.05, 0.1) is 23.4 Å². The Balaban J connectivity index is 1.62. The normalized spacial score (nSPS) is 17.4. The van der Waals surface area contributed by atoms with E-state index in [9.17, 15) is 9.18 Å². The number of halogens is 1. The van der Waals surface area contributed by atoms with E-state index in [1.54, 1.807) is 0 Å². The second-order valence-electron chi connectivity index (χ2n) is 8.38. The van der Waals surface area contributed by atoms with Crippen molar-refractivity contribution in [2.75, 3.05) is 6.61 Å². The second-order valence-corrected chi connectivity index (χ2v) is 8.38. The Hall–Kier alpha value is -2.38. The lowest BCUT2D eigenvalue weighted by Crippen LogP contribution is -2.41. The molecule has 29 heavy (non-hydrogen) atoms. The monoisotopic (exact) mass is 399 g/mol. The minimum Gasteiger partial charge on any atom is -0.493 e. The third-order valence-corrected chi connectivity index (χ3v) is 5.71. The van der Waals surface area contributed by atoms with E-state index in [1.807, 2.05) is 46.8 Å².